The van der Waals surface area contributed by atoms with Crippen LogP contribution in [-0.2, 0) is 0 Å². The van der Waals surface area contributed by atoms with Crippen molar-refractivity contribution < 1.29 is 9.50 Å². The molecule has 2 unspecified atom stereocenters. The lowest BCUT2D eigenvalue weighted by Gasteiger charge is -2.41. The largest absolute Gasteiger partial charge is 0.392 e. The van der Waals surface area contributed by atoms with Gasteiger partial charge in [0, 0.05) is 12.5 Å². The summed E-state index contributed by atoms with van der Waals surface area (Å²) in [5.41, 5.74) is 6.22. The summed E-state index contributed by atoms with van der Waals surface area (Å²) in [6.45, 7) is 2.39. The molecule has 0 aromatic heterocycles. The molecule has 106 valence electrons. The molecule has 0 amide bonds. The number of halogens is 1. The molecule has 0 spiro atoms. The summed E-state index contributed by atoms with van der Waals surface area (Å²) in [5, 5.41) is 10.7. The van der Waals surface area contributed by atoms with Crippen molar-refractivity contribution in [2.24, 2.45) is 11.1 Å². The third-order valence-electron chi connectivity index (χ3n) is 4.65. The monoisotopic (exact) mass is 265 g/mol. The van der Waals surface area contributed by atoms with E-state index in [-0.39, 0.29) is 23.7 Å². The van der Waals surface area contributed by atoms with Crippen molar-refractivity contribution in [2.45, 2.75) is 51.0 Å². The van der Waals surface area contributed by atoms with E-state index in [2.05, 4.69) is 6.92 Å². The molecule has 19 heavy (non-hydrogen) atoms. The highest BCUT2D eigenvalue weighted by molar-refractivity contribution is 5.24. The molecule has 2 nitrogen and oxygen atoms in total. The number of hydrogen-bond acceptors (Lipinski definition) is 2. The molecule has 0 bridgehead atoms. The van der Waals surface area contributed by atoms with Crippen molar-refractivity contribution in [1.82, 2.24) is 0 Å². The molecule has 1 fully saturated rings. The Kier molecular flexibility index (Phi) is 4.58. The highest BCUT2D eigenvalue weighted by atomic mass is 19.1. The third kappa shape index (κ3) is 2.98. The second-order valence-corrected chi connectivity index (χ2v) is 6.02. The van der Waals surface area contributed by atoms with Crippen molar-refractivity contribution in [3.63, 3.8) is 0 Å². The van der Waals surface area contributed by atoms with Crippen LogP contribution in [-0.4, -0.2) is 17.8 Å². The molecule has 1 aliphatic rings. The van der Waals surface area contributed by atoms with Crippen LogP contribution in [0.3, 0.4) is 0 Å². The second kappa shape index (κ2) is 6.02. The van der Waals surface area contributed by atoms with E-state index in [1.165, 1.54) is 12.5 Å². The highest BCUT2D eigenvalue weighted by Crippen LogP contribution is 2.43. The fraction of sp³-hybridized carbons (Fsp3) is 0.625. The van der Waals surface area contributed by atoms with Gasteiger partial charge in [-0.2, -0.15) is 0 Å². The zero-order valence-electron chi connectivity index (χ0n) is 11.6. The van der Waals surface area contributed by atoms with Gasteiger partial charge in [-0.05, 0) is 29.9 Å². The molecule has 0 heterocycles. The number of benzene rings is 1. The SMILES string of the molecule is CC1(C(O)C(CN)c2ccccc2F)CCCCC1. The Hall–Kier alpha value is -0.930. The lowest BCUT2D eigenvalue weighted by Crippen LogP contribution is -2.41. The number of rotatable bonds is 4. The number of nitrogens with two attached hydrogens (primary N) is 1. The van der Waals surface area contributed by atoms with E-state index in [0.717, 1.165) is 25.7 Å². The van der Waals surface area contributed by atoms with Crippen molar-refractivity contribution in [2.75, 3.05) is 6.54 Å². The van der Waals surface area contributed by atoms with Gasteiger partial charge >= 0.3 is 0 Å². The van der Waals surface area contributed by atoms with Crippen LogP contribution >= 0.6 is 0 Å². The first kappa shape index (κ1) is 14.5. The molecule has 0 aliphatic heterocycles. The topological polar surface area (TPSA) is 46.2 Å². The van der Waals surface area contributed by atoms with Gasteiger partial charge in [-0.15, -0.1) is 0 Å². The summed E-state index contributed by atoms with van der Waals surface area (Å²) < 4.78 is 13.9. The van der Waals surface area contributed by atoms with E-state index in [4.69, 9.17) is 5.73 Å². The molecule has 1 aromatic carbocycles. The van der Waals surface area contributed by atoms with Gasteiger partial charge in [-0.25, -0.2) is 4.39 Å². The quantitative estimate of drug-likeness (QED) is 0.878. The molecule has 0 radical (unpaired) electrons. The minimum absolute atomic E-state index is 0.134. The Morgan fingerprint density at radius 3 is 2.47 bits per heavy atom. The van der Waals surface area contributed by atoms with E-state index < -0.39 is 6.10 Å². The normalized spacial score (nSPS) is 21.9. The number of aliphatic hydroxyl groups excluding tert-OH is 1. The van der Waals surface area contributed by atoms with Gasteiger partial charge < -0.3 is 10.8 Å². The zero-order chi connectivity index (χ0) is 13.9. The van der Waals surface area contributed by atoms with Crippen molar-refractivity contribution in [3.05, 3.63) is 35.6 Å². The van der Waals surface area contributed by atoms with Gasteiger partial charge in [0.1, 0.15) is 5.82 Å². The summed E-state index contributed by atoms with van der Waals surface area (Å²) in [4.78, 5) is 0. The summed E-state index contributed by atoms with van der Waals surface area (Å²) in [7, 11) is 0. The lowest BCUT2D eigenvalue weighted by atomic mass is 9.67. The van der Waals surface area contributed by atoms with Crippen LogP contribution in [0.2, 0.25) is 0 Å². The zero-order valence-corrected chi connectivity index (χ0v) is 11.6. The average Bonchev–Trinajstić information content (AvgIpc) is 2.42. The van der Waals surface area contributed by atoms with Crippen molar-refractivity contribution in [1.29, 1.82) is 0 Å². The minimum Gasteiger partial charge on any atom is -0.392 e. The van der Waals surface area contributed by atoms with Crippen LogP contribution in [0.25, 0.3) is 0 Å². The third-order valence-corrected chi connectivity index (χ3v) is 4.65. The average molecular weight is 265 g/mol. The number of hydrogen-bond donors (Lipinski definition) is 2. The Morgan fingerprint density at radius 1 is 1.26 bits per heavy atom. The van der Waals surface area contributed by atoms with Gasteiger partial charge in [0.2, 0.25) is 0 Å². The van der Waals surface area contributed by atoms with Crippen LogP contribution in [0.5, 0.6) is 0 Å². The van der Waals surface area contributed by atoms with E-state index >= 15 is 0 Å². The lowest BCUT2D eigenvalue weighted by molar-refractivity contribution is -0.00816. The molecular formula is C16H24FNO. The Balaban J connectivity index is 2.24. The van der Waals surface area contributed by atoms with Crippen LogP contribution in [0.4, 0.5) is 4.39 Å². The molecule has 0 saturated heterocycles. The van der Waals surface area contributed by atoms with Gasteiger partial charge in [0.05, 0.1) is 6.10 Å². The van der Waals surface area contributed by atoms with Crippen LogP contribution in [0.1, 0.15) is 50.5 Å². The first-order valence-electron chi connectivity index (χ1n) is 7.21. The van der Waals surface area contributed by atoms with Gasteiger partial charge in [-0.1, -0.05) is 44.4 Å². The van der Waals surface area contributed by atoms with E-state index in [0.29, 0.717) is 5.56 Å². The van der Waals surface area contributed by atoms with Gasteiger partial charge in [0.25, 0.3) is 0 Å². The minimum atomic E-state index is -0.574. The molecule has 3 heteroatoms. The first-order chi connectivity index (χ1) is 9.08. The Bertz CT molecular complexity index is 415. The van der Waals surface area contributed by atoms with Crippen LogP contribution in [0, 0.1) is 11.2 Å². The molecule has 3 N–H and O–H groups in total. The summed E-state index contributed by atoms with van der Waals surface area (Å²) in [6, 6.07) is 6.65. The Labute approximate surface area is 114 Å². The van der Waals surface area contributed by atoms with Crippen molar-refractivity contribution in [3.8, 4) is 0 Å². The first-order valence-corrected chi connectivity index (χ1v) is 7.21. The summed E-state index contributed by atoms with van der Waals surface area (Å²) >= 11 is 0. The maximum atomic E-state index is 13.9. The smallest absolute Gasteiger partial charge is 0.126 e. The summed E-state index contributed by atoms with van der Waals surface area (Å²) in [6.07, 6.45) is 4.94. The fourth-order valence-electron chi connectivity index (χ4n) is 3.34. The van der Waals surface area contributed by atoms with Gasteiger partial charge in [0.15, 0.2) is 0 Å². The van der Waals surface area contributed by atoms with E-state index in [9.17, 15) is 9.50 Å². The maximum absolute atomic E-state index is 13.9. The number of aliphatic hydroxyl groups is 1. The fourth-order valence-corrected chi connectivity index (χ4v) is 3.34. The molecular weight excluding hydrogens is 241 g/mol. The molecule has 1 aliphatic carbocycles. The molecule has 2 rings (SSSR count). The molecule has 1 aromatic rings. The summed E-state index contributed by atoms with van der Waals surface area (Å²) in [5.74, 6) is -0.583. The predicted octanol–water partition coefficient (Wildman–Crippen LogP) is 3.20. The Morgan fingerprint density at radius 2 is 1.89 bits per heavy atom. The second-order valence-electron chi connectivity index (χ2n) is 6.02. The maximum Gasteiger partial charge on any atom is 0.126 e. The van der Waals surface area contributed by atoms with Crippen LogP contribution < -0.4 is 5.73 Å². The molecule has 1 saturated carbocycles. The van der Waals surface area contributed by atoms with Crippen LogP contribution in [0.15, 0.2) is 24.3 Å². The van der Waals surface area contributed by atoms with Crippen molar-refractivity contribution >= 4 is 0 Å². The predicted molar refractivity (Wildman–Crippen MR) is 75.4 cm³/mol. The standard InChI is InChI=1S/C16H24FNO/c1-16(9-5-2-6-10-16)15(19)13(11-18)12-7-3-4-8-14(12)17/h3-4,7-8,13,15,19H,2,5-6,9-11,18H2,1H3. The van der Waals surface area contributed by atoms with Gasteiger partial charge in [-0.3, -0.25) is 0 Å². The highest BCUT2D eigenvalue weighted by Gasteiger charge is 2.39. The van der Waals surface area contributed by atoms with E-state index in [1.807, 2.05) is 0 Å². The van der Waals surface area contributed by atoms with E-state index in [1.54, 1.807) is 18.2 Å². The molecule has 2 atom stereocenters.